The second-order valence-electron chi connectivity index (χ2n) is 7.06. The molecule has 1 rings (SSSR count). The minimum Gasteiger partial charge on any atom is -0.308 e. The molecule has 1 fully saturated rings. The molecule has 18 heavy (non-hydrogen) atoms. The molecule has 0 aromatic carbocycles. The van der Waals surface area contributed by atoms with Gasteiger partial charge in [0.15, 0.2) is 0 Å². The Morgan fingerprint density at radius 2 is 1.94 bits per heavy atom. The van der Waals surface area contributed by atoms with Crippen LogP contribution in [0.5, 0.6) is 0 Å². The summed E-state index contributed by atoms with van der Waals surface area (Å²) in [6.07, 6.45) is 0. The predicted octanol–water partition coefficient (Wildman–Crippen LogP) is 1.81. The van der Waals surface area contributed by atoms with Crippen LogP contribution in [0, 0.1) is 5.92 Å². The first kappa shape index (κ1) is 15.7. The monoisotopic (exact) mass is 253 g/mol. The molecule has 1 N–H and O–H groups in total. The molecule has 106 valence electrons. The topological polar surface area (TPSA) is 18.5 Å². The highest BCUT2D eigenvalue weighted by Crippen LogP contribution is 2.20. The second kappa shape index (κ2) is 6.18. The third-order valence-electron chi connectivity index (χ3n) is 3.63. The first-order chi connectivity index (χ1) is 8.19. The van der Waals surface area contributed by atoms with Gasteiger partial charge in [0, 0.05) is 37.8 Å². The summed E-state index contributed by atoms with van der Waals surface area (Å²) in [7, 11) is 4.36. The number of hydrogen-bond donors (Lipinski definition) is 1. The van der Waals surface area contributed by atoms with Crippen LogP contribution in [0.3, 0.4) is 0 Å². The molecule has 0 saturated carbocycles. The highest BCUT2D eigenvalue weighted by atomic mass is 15.2. The Morgan fingerprint density at radius 1 is 1.33 bits per heavy atom. The van der Waals surface area contributed by atoms with E-state index in [1.54, 1.807) is 0 Å². The number of likely N-dealkylation sites (tertiary alicyclic amines) is 1. The van der Waals surface area contributed by atoms with Crippen molar-refractivity contribution in [1.29, 1.82) is 0 Å². The van der Waals surface area contributed by atoms with Gasteiger partial charge in [-0.3, -0.25) is 4.90 Å². The molecule has 2 atom stereocenters. The normalized spacial score (nSPS) is 25.9. The van der Waals surface area contributed by atoms with Crippen LogP contribution in [0.25, 0.3) is 0 Å². The Hall–Kier alpha value is -0.380. The lowest BCUT2D eigenvalue weighted by molar-refractivity contribution is 0.255. The van der Waals surface area contributed by atoms with E-state index >= 15 is 0 Å². The molecule has 0 spiro atoms. The molecule has 0 aliphatic carbocycles. The largest absolute Gasteiger partial charge is 0.308 e. The Morgan fingerprint density at radius 3 is 2.39 bits per heavy atom. The van der Waals surface area contributed by atoms with Crippen LogP contribution < -0.4 is 5.32 Å². The molecule has 0 bridgehead atoms. The van der Waals surface area contributed by atoms with Gasteiger partial charge in [-0.15, -0.1) is 0 Å². The van der Waals surface area contributed by atoms with Gasteiger partial charge in [-0.05, 0) is 46.4 Å². The van der Waals surface area contributed by atoms with Crippen molar-refractivity contribution in [1.82, 2.24) is 15.1 Å². The van der Waals surface area contributed by atoms with Gasteiger partial charge in [-0.2, -0.15) is 0 Å². The zero-order valence-electron chi connectivity index (χ0n) is 13.1. The van der Waals surface area contributed by atoms with E-state index in [4.69, 9.17) is 0 Å². The Bertz CT molecular complexity index is 278. The molecule has 1 aliphatic heterocycles. The maximum Gasteiger partial charge on any atom is 0.0254 e. The standard InChI is InChI=1S/C15H31N3/c1-12(8-16-15(3,4)5)9-18-10-13(2)14(11-18)17(6)7/h13-14,16H,1,8-11H2,2-7H3. The lowest BCUT2D eigenvalue weighted by atomic mass is 10.1. The average molecular weight is 253 g/mol. The van der Waals surface area contributed by atoms with Crippen molar-refractivity contribution in [2.24, 2.45) is 5.92 Å². The van der Waals surface area contributed by atoms with E-state index < -0.39 is 0 Å². The molecule has 0 radical (unpaired) electrons. The van der Waals surface area contributed by atoms with E-state index in [2.05, 4.69) is 63.5 Å². The third-order valence-corrected chi connectivity index (χ3v) is 3.63. The van der Waals surface area contributed by atoms with Gasteiger partial charge in [0.25, 0.3) is 0 Å². The summed E-state index contributed by atoms with van der Waals surface area (Å²) >= 11 is 0. The fourth-order valence-electron chi connectivity index (χ4n) is 2.61. The summed E-state index contributed by atoms with van der Waals surface area (Å²) in [6.45, 7) is 17.4. The molecule has 3 heteroatoms. The molecule has 1 saturated heterocycles. The molecule has 1 heterocycles. The molecule has 2 unspecified atom stereocenters. The van der Waals surface area contributed by atoms with E-state index in [9.17, 15) is 0 Å². The Kier molecular flexibility index (Phi) is 5.38. The molecule has 1 aliphatic rings. The van der Waals surface area contributed by atoms with Gasteiger partial charge in [-0.25, -0.2) is 0 Å². The van der Waals surface area contributed by atoms with Gasteiger partial charge in [0.2, 0.25) is 0 Å². The number of nitrogens with one attached hydrogen (secondary N) is 1. The Balaban J connectivity index is 2.34. The van der Waals surface area contributed by atoms with Crippen LogP contribution in [0.1, 0.15) is 27.7 Å². The lowest BCUT2D eigenvalue weighted by Gasteiger charge is -2.24. The van der Waals surface area contributed by atoms with E-state index in [1.807, 2.05) is 0 Å². The summed E-state index contributed by atoms with van der Waals surface area (Å²) in [5.41, 5.74) is 1.46. The van der Waals surface area contributed by atoms with E-state index in [-0.39, 0.29) is 5.54 Å². The fraction of sp³-hybridized carbons (Fsp3) is 0.867. The quantitative estimate of drug-likeness (QED) is 0.754. The van der Waals surface area contributed by atoms with Crippen molar-refractivity contribution >= 4 is 0 Å². The second-order valence-corrected chi connectivity index (χ2v) is 7.06. The van der Waals surface area contributed by atoms with Crippen LogP contribution in [0.15, 0.2) is 12.2 Å². The summed E-state index contributed by atoms with van der Waals surface area (Å²) in [5, 5.41) is 3.50. The maximum absolute atomic E-state index is 4.20. The summed E-state index contributed by atoms with van der Waals surface area (Å²) < 4.78 is 0. The van der Waals surface area contributed by atoms with Crippen LogP contribution in [-0.2, 0) is 0 Å². The van der Waals surface area contributed by atoms with Crippen LogP contribution in [0.4, 0.5) is 0 Å². The van der Waals surface area contributed by atoms with Crippen molar-refractivity contribution in [2.75, 3.05) is 40.3 Å². The van der Waals surface area contributed by atoms with Crippen LogP contribution in [0.2, 0.25) is 0 Å². The fourth-order valence-corrected chi connectivity index (χ4v) is 2.61. The summed E-state index contributed by atoms with van der Waals surface area (Å²) in [5.74, 6) is 0.753. The van der Waals surface area contributed by atoms with Crippen LogP contribution >= 0.6 is 0 Å². The zero-order valence-corrected chi connectivity index (χ0v) is 13.1. The number of likely N-dealkylation sites (N-methyl/N-ethyl adjacent to an activating group) is 1. The van der Waals surface area contributed by atoms with E-state index in [1.165, 1.54) is 18.7 Å². The highest BCUT2D eigenvalue weighted by molar-refractivity contribution is 5.03. The Labute approximate surface area is 113 Å². The zero-order chi connectivity index (χ0) is 13.9. The molecule has 0 aromatic rings. The average Bonchev–Trinajstić information content (AvgIpc) is 2.55. The molecular formula is C15H31N3. The predicted molar refractivity (Wildman–Crippen MR) is 80.0 cm³/mol. The first-order valence-corrected chi connectivity index (χ1v) is 6.99. The van der Waals surface area contributed by atoms with Gasteiger partial charge < -0.3 is 10.2 Å². The van der Waals surface area contributed by atoms with Crippen molar-refractivity contribution in [3.63, 3.8) is 0 Å². The summed E-state index contributed by atoms with van der Waals surface area (Å²) in [4.78, 5) is 4.88. The van der Waals surface area contributed by atoms with Crippen LogP contribution in [-0.4, -0.2) is 61.7 Å². The first-order valence-electron chi connectivity index (χ1n) is 6.99. The van der Waals surface area contributed by atoms with E-state index in [0.717, 1.165) is 19.0 Å². The van der Waals surface area contributed by atoms with Gasteiger partial charge in [-0.1, -0.05) is 13.5 Å². The van der Waals surface area contributed by atoms with Gasteiger partial charge >= 0.3 is 0 Å². The van der Waals surface area contributed by atoms with Gasteiger partial charge in [0.1, 0.15) is 0 Å². The summed E-state index contributed by atoms with van der Waals surface area (Å²) in [6, 6.07) is 0.688. The maximum atomic E-state index is 4.20. The van der Waals surface area contributed by atoms with E-state index in [0.29, 0.717) is 6.04 Å². The smallest absolute Gasteiger partial charge is 0.0254 e. The minimum absolute atomic E-state index is 0.174. The number of nitrogens with zero attached hydrogens (tertiary/aromatic N) is 2. The minimum atomic E-state index is 0.174. The number of hydrogen-bond acceptors (Lipinski definition) is 3. The lowest BCUT2D eigenvalue weighted by Crippen LogP contribution is -2.39. The molecule has 0 aromatic heterocycles. The highest BCUT2D eigenvalue weighted by Gasteiger charge is 2.30. The molecular weight excluding hydrogens is 222 g/mol. The third kappa shape index (κ3) is 5.09. The number of rotatable bonds is 5. The van der Waals surface area contributed by atoms with Crippen molar-refractivity contribution in [3.05, 3.63) is 12.2 Å². The SMILES string of the molecule is C=C(CNC(C)(C)C)CN1CC(C)C(N(C)C)C1. The van der Waals surface area contributed by atoms with Crippen molar-refractivity contribution in [2.45, 2.75) is 39.3 Å². The van der Waals surface area contributed by atoms with Crippen molar-refractivity contribution in [3.8, 4) is 0 Å². The van der Waals surface area contributed by atoms with Gasteiger partial charge in [0.05, 0.1) is 0 Å². The molecule has 0 amide bonds. The van der Waals surface area contributed by atoms with Crippen molar-refractivity contribution < 1.29 is 0 Å². The molecule has 3 nitrogen and oxygen atoms in total.